The summed E-state index contributed by atoms with van der Waals surface area (Å²) < 4.78 is 5.91. The molecule has 0 aliphatic rings. The minimum absolute atomic E-state index is 0.0298. The van der Waals surface area contributed by atoms with E-state index < -0.39 is 16.2 Å². The predicted octanol–water partition coefficient (Wildman–Crippen LogP) is 2.18. The van der Waals surface area contributed by atoms with E-state index in [0.717, 1.165) is 9.44 Å². The topological polar surface area (TPSA) is 136 Å². The van der Waals surface area contributed by atoms with E-state index in [2.05, 4.69) is 15.2 Å². The van der Waals surface area contributed by atoms with E-state index in [1.807, 2.05) is 19.0 Å². The van der Waals surface area contributed by atoms with Crippen molar-refractivity contribution < 1.29 is 9.66 Å². The fourth-order valence-electron chi connectivity index (χ4n) is 3.32. The second-order valence-electron chi connectivity index (χ2n) is 7.16. The van der Waals surface area contributed by atoms with E-state index >= 15 is 0 Å². The molecule has 0 amide bonds. The van der Waals surface area contributed by atoms with Crippen LogP contribution in [0.5, 0.6) is 5.88 Å². The number of nitro groups is 1. The first kappa shape index (κ1) is 21.3. The molecule has 4 rings (SSSR count). The average Bonchev–Trinajstić information content (AvgIpc) is 3.11. The molecule has 12 heteroatoms. The Morgan fingerprint density at radius 2 is 1.88 bits per heavy atom. The number of hydrogen-bond donors (Lipinski definition) is 1. The maximum Gasteiger partial charge on any atom is 0.335 e. The molecule has 4 aromatic rings. The minimum Gasteiger partial charge on any atom is -0.480 e. The molecule has 1 N–H and O–H groups in total. The molecule has 0 atom stereocenters. The van der Waals surface area contributed by atoms with Gasteiger partial charge in [0.05, 0.1) is 17.4 Å². The van der Waals surface area contributed by atoms with Crippen molar-refractivity contribution in [2.24, 2.45) is 0 Å². The molecule has 3 aromatic heterocycles. The van der Waals surface area contributed by atoms with Gasteiger partial charge < -0.3 is 9.64 Å². The highest BCUT2D eigenvalue weighted by atomic mass is 32.1. The van der Waals surface area contributed by atoms with Gasteiger partial charge in [0.1, 0.15) is 4.83 Å². The molecule has 32 heavy (non-hydrogen) atoms. The Balaban J connectivity index is 1.97. The molecule has 0 radical (unpaired) electrons. The minimum atomic E-state index is -0.644. The third-order valence-electron chi connectivity index (χ3n) is 4.73. The van der Waals surface area contributed by atoms with Gasteiger partial charge in [-0.2, -0.15) is 0 Å². The lowest BCUT2D eigenvalue weighted by Gasteiger charge is -2.11. The van der Waals surface area contributed by atoms with Gasteiger partial charge in [0.2, 0.25) is 5.88 Å². The summed E-state index contributed by atoms with van der Waals surface area (Å²) in [6.45, 7) is 0.419. The normalized spacial score (nSPS) is 11.2. The highest BCUT2D eigenvalue weighted by Crippen LogP contribution is 2.37. The third kappa shape index (κ3) is 3.76. The number of thiophene rings is 1. The quantitative estimate of drug-likeness (QED) is 0.346. The van der Waals surface area contributed by atoms with Crippen LogP contribution in [0.15, 0.2) is 46.0 Å². The number of fused-ring (bicyclic) bond motifs is 1. The van der Waals surface area contributed by atoms with Gasteiger partial charge in [0.15, 0.2) is 5.82 Å². The first-order valence-corrected chi connectivity index (χ1v) is 10.2. The lowest BCUT2D eigenvalue weighted by Crippen LogP contribution is -2.34. The van der Waals surface area contributed by atoms with Gasteiger partial charge in [-0.15, -0.1) is 21.5 Å². The number of hydrogen-bond acceptors (Lipinski definition) is 9. The van der Waals surface area contributed by atoms with Crippen molar-refractivity contribution in [3.05, 3.63) is 72.9 Å². The van der Waals surface area contributed by atoms with Crippen LogP contribution in [-0.4, -0.2) is 50.8 Å². The monoisotopic (exact) mass is 454 g/mol. The molecule has 1 aromatic carbocycles. The number of nitro benzene ring substituents is 1. The van der Waals surface area contributed by atoms with Crippen molar-refractivity contribution >= 4 is 27.2 Å². The first-order chi connectivity index (χ1) is 15.3. The second kappa shape index (κ2) is 8.32. The molecule has 11 nitrogen and oxygen atoms in total. The molecule has 3 heterocycles. The zero-order valence-electron chi connectivity index (χ0n) is 17.4. The third-order valence-corrected chi connectivity index (χ3v) is 5.92. The van der Waals surface area contributed by atoms with Crippen LogP contribution >= 0.6 is 11.3 Å². The van der Waals surface area contributed by atoms with Gasteiger partial charge in [-0.3, -0.25) is 19.9 Å². The highest BCUT2D eigenvalue weighted by Gasteiger charge is 2.22. The van der Waals surface area contributed by atoms with Gasteiger partial charge in [-0.25, -0.2) is 9.36 Å². The predicted molar refractivity (Wildman–Crippen MR) is 120 cm³/mol. The zero-order chi connectivity index (χ0) is 23.0. The lowest BCUT2D eigenvalue weighted by molar-refractivity contribution is -0.384. The average molecular weight is 454 g/mol. The molecule has 0 unspecified atom stereocenters. The molecule has 164 valence electrons. The van der Waals surface area contributed by atoms with Crippen LogP contribution in [0.2, 0.25) is 0 Å². The van der Waals surface area contributed by atoms with E-state index in [1.54, 1.807) is 12.1 Å². The smallest absolute Gasteiger partial charge is 0.335 e. The SMILES string of the molecule is COc1ccc(-n2c(=O)[nH]c3sc(-c4ccc([N+](=O)[O-])cc4)c(CN(C)C)c3c2=O)nn1. The Labute approximate surface area is 184 Å². The van der Waals surface area contributed by atoms with Crippen molar-refractivity contribution in [3.63, 3.8) is 0 Å². The van der Waals surface area contributed by atoms with Gasteiger partial charge in [-0.05, 0) is 43.4 Å². The van der Waals surface area contributed by atoms with E-state index in [9.17, 15) is 19.7 Å². The van der Waals surface area contributed by atoms with Crippen LogP contribution in [0.1, 0.15) is 5.56 Å². The van der Waals surface area contributed by atoms with Crippen molar-refractivity contribution in [1.82, 2.24) is 24.6 Å². The van der Waals surface area contributed by atoms with Gasteiger partial charge >= 0.3 is 5.69 Å². The molecule has 0 spiro atoms. The maximum absolute atomic E-state index is 13.4. The summed E-state index contributed by atoms with van der Waals surface area (Å²) in [6, 6.07) is 9.07. The van der Waals surface area contributed by atoms with Crippen LogP contribution in [0.4, 0.5) is 5.69 Å². The first-order valence-electron chi connectivity index (χ1n) is 9.38. The standard InChI is InChI=1S/C20H18N6O5S/c1-24(2)10-13-16-18(32-17(13)11-4-6-12(7-5-11)26(29)30)21-20(28)25(19(16)27)14-8-9-15(31-3)23-22-14/h4-9H,10H2,1-3H3,(H,21,28). The zero-order valence-corrected chi connectivity index (χ0v) is 18.2. The van der Waals surface area contributed by atoms with Gasteiger partial charge in [0, 0.05) is 29.6 Å². The Morgan fingerprint density at radius 3 is 2.44 bits per heavy atom. The Bertz CT molecular complexity index is 1420. The number of non-ortho nitro benzene ring substituents is 1. The van der Waals surface area contributed by atoms with Crippen LogP contribution in [0, 0.1) is 10.1 Å². The summed E-state index contributed by atoms with van der Waals surface area (Å²) in [5, 5.41) is 19.1. The van der Waals surface area contributed by atoms with Crippen molar-refractivity contribution in [2.75, 3.05) is 21.2 Å². The maximum atomic E-state index is 13.4. The number of benzene rings is 1. The molecule has 0 fully saturated rings. The Kier molecular flexibility index (Phi) is 5.55. The number of aromatic amines is 1. The second-order valence-corrected chi connectivity index (χ2v) is 8.18. The van der Waals surface area contributed by atoms with Crippen LogP contribution in [0.25, 0.3) is 26.5 Å². The number of nitrogens with one attached hydrogen (secondary N) is 1. The van der Waals surface area contributed by atoms with E-state index in [0.29, 0.717) is 27.9 Å². The molecule has 0 saturated carbocycles. The van der Waals surface area contributed by atoms with E-state index in [-0.39, 0.29) is 17.4 Å². The Morgan fingerprint density at radius 1 is 1.16 bits per heavy atom. The van der Waals surface area contributed by atoms with Gasteiger partial charge in [0.25, 0.3) is 11.2 Å². The van der Waals surface area contributed by atoms with Crippen molar-refractivity contribution in [2.45, 2.75) is 6.54 Å². The summed E-state index contributed by atoms with van der Waals surface area (Å²) in [5.41, 5.74) is 0.224. The van der Waals surface area contributed by atoms with Crippen LogP contribution in [0.3, 0.4) is 0 Å². The fraction of sp³-hybridized carbons (Fsp3) is 0.200. The fourth-order valence-corrected chi connectivity index (χ4v) is 4.52. The number of H-pyrrole nitrogens is 1. The Hall–Kier alpha value is -3.90. The van der Waals surface area contributed by atoms with Crippen LogP contribution in [-0.2, 0) is 6.54 Å². The molecular weight excluding hydrogens is 436 g/mol. The molecule has 0 bridgehead atoms. The number of aromatic nitrogens is 4. The summed E-state index contributed by atoms with van der Waals surface area (Å²) in [7, 11) is 5.16. The number of rotatable bonds is 6. The highest BCUT2D eigenvalue weighted by molar-refractivity contribution is 7.22. The van der Waals surface area contributed by atoms with E-state index in [1.165, 1.54) is 42.7 Å². The number of ether oxygens (including phenoxy) is 1. The number of methoxy groups -OCH3 is 1. The molecule has 0 aliphatic heterocycles. The van der Waals surface area contributed by atoms with Crippen LogP contribution < -0.4 is 16.0 Å². The summed E-state index contributed by atoms with van der Waals surface area (Å²) in [5.74, 6) is 0.321. The van der Waals surface area contributed by atoms with Crippen molar-refractivity contribution in [3.8, 4) is 22.1 Å². The number of nitrogens with zero attached hydrogens (tertiary/aromatic N) is 5. The molecule has 0 saturated heterocycles. The molecular formula is C20H18N6O5S. The largest absolute Gasteiger partial charge is 0.480 e. The van der Waals surface area contributed by atoms with Gasteiger partial charge in [-0.1, -0.05) is 0 Å². The summed E-state index contributed by atoms with van der Waals surface area (Å²) >= 11 is 1.25. The van der Waals surface area contributed by atoms with Crippen molar-refractivity contribution in [1.29, 1.82) is 0 Å². The molecule has 0 aliphatic carbocycles. The summed E-state index contributed by atoms with van der Waals surface area (Å²) in [6.07, 6.45) is 0. The summed E-state index contributed by atoms with van der Waals surface area (Å²) in [4.78, 5) is 42.5. The lowest BCUT2D eigenvalue weighted by atomic mass is 10.1. The van der Waals surface area contributed by atoms with E-state index in [4.69, 9.17) is 4.74 Å².